The van der Waals surface area contributed by atoms with E-state index >= 15 is 0 Å². The number of methoxy groups -OCH3 is 2. The first-order valence-electron chi connectivity index (χ1n) is 13.2. The molecule has 204 valence electrons. The van der Waals surface area contributed by atoms with Gasteiger partial charge in [-0.05, 0) is 36.0 Å². The fourth-order valence-corrected chi connectivity index (χ4v) is 4.64. The third-order valence-electron chi connectivity index (χ3n) is 6.82. The third-order valence-corrected chi connectivity index (χ3v) is 6.82. The number of nitrogens with zero attached hydrogens (tertiary/aromatic N) is 2. The zero-order valence-electron chi connectivity index (χ0n) is 22.8. The molecule has 0 aliphatic carbocycles. The van der Waals surface area contributed by atoms with Crippen LogP contribution in [-0.4, -0.2) is 48.8 Å². The molecule has 4 aromatic rings. The maximum absolute atomic E-state index is 13.0. The van der Waals surface area contributed by atoms with E-state index in [1.807, 2.05) is 42.5 Å². The summed E-state index contributed by atoms with van der Waals surface area (Å²) in [6.45, 7) is 3.70. The topological polar surface area (TPSA) is 94.5 Å². The molecule has 0 saturated carbocycles. The molecule has 8 nitrogen and oxygen atoms in total. The van der Waals surface area contributed by atoms with E-state index < -0.39 is 5.97 Å². The molecule has 0 saturated heterocycles. The number of aromatic nitrogens is 2. The van der Waals surface area contributed by atoms with Crippen LogP contribution in [0.3, 0.4) is 0 Å². The SMILES string of the molecule is COCCn1c(C(=O)OC)c(NC(=O)CCc2ccccc2)c2cc(NCCC(C)c3ccccc3)cnc21. The molecule has 2 aromatic carbocycles. The summed E-state index contributed by atoms with van der Waals surface area (Å²) in [5.74, 6) is -0.339. The van der Waals surface area contributed by atoms with Crippen molar-refractivity contribution in [2.45, 2.75) is 38.6 Å². The highest BCUT2D eigenvalue weighted by Crippen LogP contribution is 2.33. The van der Waals surface area contributed by atoms with Gasteiger partial charge in [-0.25, -0.2) is 9.78 Å². The van der Waals surface area contributed by atoms with E-state index in [2.05, 4.69) is 46.8 Å². The molecule has 1 unspecified atom stereocenters. The van der Waals surface area contributed by atoms with Crippen molar-refractivity contribution in [3.63, 3.8) is 0 Å². The van der Waals surface area contributed by atoms with Gasteiger partial charge in [-0.15, -0.1) is 0 Å². The Bertz CT molecular complexity index is 1390. The number of nitrogens with one attached hydrogen (secondary N) is 2. The Kier molecular flexibility index (Phi) is 9.69. The number of aryl methyl sites for hydroxylation is 1. The first-order valence-corrected chi connectivity index (χ1v) is 13.2. The zero-order chi connectivity index (χ0) is 27.6. The number of carbonyl (C=O) groups is 2. The van der Waals surface area contributed by atoms with Crippen LogP contribution in [0.5, 0.6) is 0 Å². The average Bonchev–Trinajstić information content (AvgIpc) is 3.27. The number of fused-ring (bicyclic) bond motifs is 1. The molecular weight excluding hydrogens is 492 g/mol. The summed E-state index contributed by atoms with van der Waals surface area (Å²) in [4.78, 5) is 30.7. The Labute approximate surface area is 229 Å². The van der Waals surface area contributed by atoms with E-state index in [1.54, 1.807) is 17.9 Å². The number of pyridine rings is 1. The standard InChI is InChI=1S/C31H36N4O4/c1-22(24-12-8-5-9-13-24)16-17-32-25-20-26-28(34-27(36)15-14-23-10-6-4-7-11-23)29(31(37)39-3)35(18-19-38-2)30(26)33-21-25/h4-13,20-22,32H,14-19H2,1-3H3,(H,34,36). The summed E-state index contributed by atoms with van der Waals surface area (Å²) in [5, 5.41) is 7.11. The van der Waals surface area contributed by atoms with Crippen LogP contribution in [-0.2, 0) is 27.2 Å². The lowest BCUT2D eigenvalue weighted by molar-refractivity contribution is -0.116. The Balaban J connectivity index is 1.59. The van der Waals surface area contributed by atoms with Crippen LogP contribution in [0.1, 0.15) is 47.3 Å². The molecule has 2 N–H and O–H groups in total. The van der Waals surface area contributed by atoms with Crippen molar-refractivity contribution in [1.82, 2.24) is 9.55 Å². The highest BCUT2D eigenvalue weighted by Gasteiger charge is 2.26. The number of benzene rings is 2. The number of carbonyl (C=O) groups excluding carboxylic acids is 2. The number of ether oxygens (including phenoxy) is 2. The van der Waals surface area contributed by atoms with E-state index in [9.17, 15) is 9.59 Å². The van der Waals surface area contributed by atoms with Crippen LogP contribution in [0, 0.1) is 0 Å². The molecule has 8 heteroatoms. The molecule has 0 radical (unpaired) electrons. The van der Waals surface area contributed by atoms with Gasteiger partial charge in [0.25, 0.3) is 0 Å². The van der Waals surface area contributed by atoms with E-state index in [0.29, 0.717) is 42.2 Å². The van der Waals surface area contributed by atoms with Gasteiger partial charge in [-0.1, -0.05) is 67.6 Å². The quantitative estimate of drug-likeness (QED) is 0.218. The van der Waals surface area contributed by atoms with Crippen molar-refractivity contribution in [3.05, 3.63) is 89.7 Å². The first-order chi connectivity index (χ1) is 19.0. The molecule has 2 aromatic heterocycles. The predicted octanol–water partition coefficient (Wildman–Crippen LogP) is 5.65. The normalized spacial score (nSPS) is 11.8. The van der Waals surface area contributed by atoms with Crippen molar-refractivity contribution < 1.29 is 19.1 Å². The van der Waals surface area contributed by atoms with E-state index in [0.717, 1.165) is 24.2 Å². The van der Waals surface area contributed by atoms with Gasteiger partial charge in [-0.2, -0.15) is 0 Å². The van der Waals surface area contributed by atoms with Gasteiger partial charge in [0.05, 0.1) is 31.3 Å². The van der Waals surface area contributed by atoms with Crippen molar-refractivity contribution in [3.8, 4) is 0 Å². The lowest BCUT2D eigenvalue weighted by Crippen LogP contribution is -2.18. The predicted molar refractivity (Wildman–Crippen MR) is 154 cm³/mol. The van der Waals surface area contributed by atoms with Gasteiger partial charge in [0.2, 0.25) is 5.91 Å². The Morgan fingerprint density at radius 1 is 1.03 bits per heavy atom. The average molecular weight is 529 g/mol. The van der Waals surface area contributed by atoms with Crippen molar-refractivity contribution in [2.24, 2.45) is 0 Å². The smallest absolute Gasteiger partial charge is 0.356 e. The summed E-state index contributed by atoms with van der Waals surface area (Å²) in [7, 11) is 2.93. The highest BCUT2D eigenvalue weighted by atomic mass is 16.5. The fraction of sp³-hybridized carbons (Fsp3) is 0.323. The van der Waals surface area contributed by atoms with Crippen LogP contribution < -0.4 is 10.6 Å². The second-order valence-corrected chi connectivity index (χ2v) is 9.52. The first kappa shape index (κ1) is 27.9. The molecule has 1 atom stereocenters. The maximum Gasteiger partial charge on any atom is 0.356 e. The summed E-state index contributed by atoms with van der Waals surface area (Å²) >= 11 is 0. The van der Waals surface area contributed by atoms with E-state index in [-0.39, 0.29) is 18.0 Å². The lowest BCUT2D eigenvalue weighted by atomic mass is 9.98. The molecule has 0 bridgehead atoms. The number of amides is 1. The largest absolute Gasteiger partial charge is 0.464 e. The molecule has 0 aliphatic rings. The minimum absolute atomic E-state index is 0.190. The number of rotatable bonds is 13. The summed E-state index contributed by atoms with van der Waals surface area (Å²) in [6.07, 6.45) is 3.56. The second kappa shape index (κ2) is 13.6. The van der Waals surface area contributed by atoms with Gasteiger partial charge in [0, 0.05) is 32.0 Å². The third kappa shape index (κ3) is 7.03. The molecular formula is C31H36N4O4. The fourth-order valence-electron chi connectivity index (χ4n) is 4.64. The van der Waals surface area contributed by atoms with Crippen molar-refractivity contribution >= 4 is 34.3 Å². The molecule has 0 aliphatic heterocycles. The van der Waals surface area contributed by atoms with Gasteiger partial charge >= 0.3 is 5.97 Å². The minimum atomic E-state index is -0.548. The summed E-state index contributed by atoms with van der Waals surface area (Å²) in [6, 6.07) is 22.2. The number of esters is 1. The zero-order valence-corrected chi connectivity index (χ0v) is 22.8. The molecule has 2 heterocycles. The molecule has 0 spiro atoms. The Hall–Kier alpha value is -4.17. The van der Waals surface area contributed by atoms with E-state index in [4.69, 9.17) is 9.47 Å². The molecule has 4 rings (SSSR count). The molecule has 0 fully saturated rings. The molecule has 39 heavy (non-hydrogen) atoms. The van der Waals surface area contributed by atoms with Crippen LogP contribution in [0.15, 0.2) is 72.9 Å². The van der Waals surface area contributed by atoms with Crippen molar-refractivity contribution in [1.29, 1.82) is 0 Å². The summed E-state index contributed by atoms with van der Waals surface area (Å²) in [5.41, 5.74) is 4.41. The van der Waals surface area contributed by atoms with Gasteiger partial charge in [0.1, 0.15) is 5.65 Å². The van der Waals surface area contributed by atoms with Gasteiger partial charge < -0.3 is 24.7 Å². The Morgan fingerprint density at radius 3 is 2.44 bits per heavy atom. The van der Waals surface area contributed by atoms with Crippen LogP contribution in [0.25, 0.3) is 11.0 Å². The van der Waals surface area contributed by atoms with Gasteiger partial charge in [0.15, 0.2) is 5.69 Å². The molecule has 1 amide bonds. The highest BCUT2D eigenvalue weighted by molar-refractivity contribution is 6.11. The van der Waals surface area contributed by atoms with Crippen LogP contribution >= 0.6 is 0 Å². The summed E-state index contributed by atoms with van der Waals surface area (Å²) < 4.78 is 12.1. The lowest BCUT2D eigenvalue weighted by Gasteiger charge is -2.13. The van der Waals surface area contributed by atoms with Crippen LogP contribution in [0.4, 0.5) is 11.4 Å². The monoisotopic (exact) mass is 528 g/mol. The Morgan fingerprint density at radius 2 is 1.74 bits per heavy atom. The van der Waals surface area contributed by atoms with E-state index in [1.165, 1.54) is 12.7 Å². The second-order valence-electron chi connectivity index (χ2n) is 9.52. The number of hydrogen-bond donors (Lipinski definition) is 2. The number of hydrogen-bond acceptors (Lipinski definition) is 6. The van der Waals surface area contributed by atoms with Crippen molar-refractivity contribution in [2.75, 3.05) is 38.0 Å². The minimum Gasteiger partial charge on any atom is -0.464 e. The van der Waals surface area contributed by atoms with Crippen LogP contribution in [0.2, 0.25) is 0 Å². The maximum atomic E-state index is 13.0. The van der Waals surface area contributed by atoms with Gasteiger partial charge in [-0.3, -0.25) is 4.79 Å². The number of anilines is 2.